The molecule has 0 radical (unpaired) electrons. The number of aryl methyl sites for hydroxylation is 2. The summed E-state index contributed by atoms with van der Waals surface area (Å²) >= 11 is 0. The molecule has 5 nitrogen and oxygen atoms in total. The van der Waals surface area contributed by atoms with Crippen LogP contribution in [0, 0.1) is 0 Å². The molecule has 0 aromatic heterocycles. The van der Waals surface area contributed by atoms with Crippen LogP contribution in [0.15, 0.2) is 41.3 Å². The molecule has 0 bridgehead atoms. The highest BCUT2D eigenvalue weighted by atomic mass is 32.2. The average molecular weight is 371 g/mol. The van der Waals surface area contributed by atoms with Crippen molar-refractivity contribution in [2.45, 2.75) is 50.5 Å². The zero-order valence-electron chi connectivity index (χ0n) is 14.9. The Hall–Kier alpha value is -2.34. The summed E-state index contributed by atoms with van der Waals surface area (Å²) in [6.45, 7) is 3.48. The third kappa shape index (κ3) is 2.88. The van der Waals surface area contributed by atoms with Crippen molar-refractivity contribution < 1.29 is 17.4 Å². The lowest BCUT2D eigenvalue weighted by molar-refractivity contribution is -0.116. The van der Waals surface area contributed by atoms with E-state index in [1.54, 1.807) is 23.1 Å². The lowest BCUT2D eigenvalue weighted by atomic mass is 10.1. The van der Waals surface area contributed by atoms with Crippen LogP contribution in [0.25, 0.3) is 0 Å². The highest BCUT2D eigenvalue weighted by Crippen LogP contribution is 2.35. The fourth-order valence-corrected chi connectivity index (χ4v) is 4.99. The topological polar surface area (TPSA) is 63.7 Å². The number of hydrogen-bond acceptors (Lipinski definition) is 4. The highest BCUT2D eigenvalue weighted by molar-refractivity contribution is 7.87. The third-order valence-corrected chi connectivity index (χ3v) is 6.41. The molecule has 0 fully saturated rings. The first-order chi connectivity index (χ1) is 12.3. The van der Waals surface area contributed by atoms with Gasteiger partial charge in [-0.2, -0.15) is 8.42 Å². The predicted molar refractivity (Wildman–Crippen MR) is 99.0 cm³/mol. The van der Waals surface area contributed by atoms with Gasteiger partial charge in [-0.15, -0.1) is 0 Å². The van der Waals surface area contributed by atoms with Gasteiger partial charge in [0.1, 0.15) is 10.6 Å². The summed E-state index contributed by atoms with van der Waals surface area (Å²) in [5, 5.41) is 0. The Bertz CT molecular complexity index is 997. The van der Waals surface area contributed by atoms with Gasteiger partial charge in [-0.3, -0.25) is 4.79 Å². The van der Waals surface area contributed by atoms with Gasteiger partial charge in [-0.25, -0.2) is 0 Å². The number of carbonyl (C=O) groups excluding carboxylic acids is 1. The summed E-state index contributed by atoms with van der Waals surface area (Å²) < 4.78 is 30.8. The van der Waals surface area contributed by atoms with Crippen molar-refractivity contribution >= 4 is 21.7 Å². The fourth-order valence-electron chi connectivity index (χ4n) is 4.02. The SMILES string of the molecule is CC(=O)N1c2ccc(S(=O)(=O)Oc3ccc4c(c3)CCC4)cc2C[C@@H]1C. The standard InChI is InChI=1S/C20H21NO4S/c1-13-10-17-12-19(8-9-20(17)21(13)14(2)22)26(23,24)25-18-7-6-15-4-3-5-16(15)11-18/h6-9,11-13H,3-5,10H2,1-2H3/t13-/m0/s1. The van der Waals surface area contributed by atoms with Crippen LogP contribution >= 0.6 is 0 Å². The monoisotopic (exact) mass is 371 g/mol. The van der Waals surface area contributed by atoms with Crippen LogP contribution in [0.2, 0.25) is 0 Å². The zero-order chi connectivity index (χ0) is 18.5. The van der Waals surface area contributed by atoms with Gasteiger partial charge in [0.15, 0.2) is 0 Å². The highest BCUT2D eigenvalue weighted by Gasteiger charge is 2.30. The predicted octanol–water partition coefficient (Wildman–Crippen LogP) is 3.24. The van der Waals surface area contributed by atoms with E-state index in [9.17, 15) is 13.2 Å². The lowest BCUT2D eigenvalue weighted by Gasteiger charge is -2.20. The van der Waals surface area contributed by atoms with Crippen LogP contribution in [-0.4, -0.2) is 20.4 Å². The number of benzene rings is 2. The van der Waals surface area contributed by atoms with Gasteiger partial charge in [0, 0.05) is 18.7 Å². The molecule has 0 saturated carbocycles. The molecule has 4 rings (SSSR count). The maximum absolute atomic E-state index is 12.7. The lowest BCUT2D eigenvalue weighted by Crippen LogP contribution is -2.33. The smallest absolute Gasteiger partial charge is 0.339 e. The molecule has 0 N–H and O–H groups in total. The van der Waals surface area contributed by atoms with Crippen LogP contribution in [-0.2, 0) is 34.2 Å². The molecule has 136 valence electrons. The van der Waals surface area contributed by atoms with Crippen molar-refractivity contribution in [2.75, 3.05) is 4.90 Å². The number of fused-ring (bicyclic) bond motifs is 2. The molecule has 1 heterocycles. The molecular weight excluding hydrogens is 350 g/mol. The number of anilines is 1. The van der Waals surface area contributed by atoms with E-state index in [0.29, 0.717) is 12.2 Å². The van der Waals surface area contributed by atoms with Crippen LogP contribution in [0.1, 0.15) is 37.0 Å². The van der Waals surface area contributed by atoms with E-state index in [1.165, 1.54) is 18.6 Å². The van der Waals surface area contributed by atoms with Crippen LogP contribution < -0.4 is 9.08 Å². The molecule has 26 heavy (non-hydrogen) atoms. The Balaban J connectivity index is 1.63. The molecule has 1 aliphatic heterocycles. The summed E-state index contributed by atoms with van der Waals surface area (Å²) in [7, 11) is -3.91. The van der Waals surface area contributed by atoms with Crippen molar-refractivity contribution in [1.82, 2.24) is 0 Å². The number of carbonyl (C=O) groups is 1. The van der Waals surface area contributed by atoms with Crippen molar-refractivity contribution in [3.63, 3.8) is 0 Å². The van der Waals surface area contributed by atoms with E-state index >= 15 is 0 Å². The second-order valence-corrected chi connectivity index (χ2v) is 8.60. The first-order valence-corrected chi connectivity index (χ1v) is 10.2. The van der Waals surface area contributed by atoms with Gasteiger partial charge in [-0.05, 0) is 79.6 Å². The Morgan fingerprint density at radius 3 is 2.62 bits per heavy atom. The van der Waals surface area contributed by atoms with E-state index < -0.39 is 10.1 Å². The van der Waals surface area contributed by atoms with Gasteiger partial charge in [0.2, 0.25) is 5.91 Å². The normalized spacial score (nSPS) is 18.5. The Morgan fingerprint density at radius 1 is 1.08 bits per heavy atom. The molecule has 1 amide bonds. The Labute approximate surface area is 153 Å². The molecule has 0 saturated heterocycles. The number of amides is 1. The summed E-state index contributed by atoms with van der Waals surface area (Å²) in [4.78, 5) is 13.6. The molecule has 2 aliphatic rings. The van der Waals surface area contributed by atoms with E-state index in [1.807, 2.05) is 19.1 Å². The largest absolute Gasteiger partial charge is 0.379 e. The molecule has 0 unspecified atom stereocenters. The van der Waals surface area contributed by atoms with E-state index in [2.05, 4.69) is 0 Å². The Morgan fingerprint density at radius 2 is 1.85 bits per heavy atom. The molecule has 1 aliphatic carbocycles. The molecule has 2 aromatic rings. The first-order valence-electron chi connectivity index (χ1n) is 8.84. The van der Waals surface area contributed by atoms with Crippen LogP contribution in [0.5, 0.6) is 5.75 Å². The summed E-state index contributed by atoms with van der Waals surface area (Å²) in [6.07, 6.45) is 3.74. The maximum Gasteiger partial charge on any atom is 0.339 e. The van der Waals surface area contributed by atoms with Crippen LogP contribution in [0.3, 0.4) is 0 Å². The molecule has 2 aromatic carbocycles. The van der Waals surface area contributed by atoms with Crippen molar-refractivity contribution in [3.05, 3.63) is 53.1 Å². The Kier molecular flexibility index (Phi) is 4.03. The average Bonchev–Trinajstić information content (AvgIpc) is 3.15. The zero-order valence-corrected chi connectivity index (χ0v) is 15.7. The quantitative estimate of drug-likeness (QED) is 0.777. The fraction of sp³-hybridized carbons (Fsp3) is 0.350. The second-order valence-electron chi connectivity index (χ2n) is 7.05. The van der Waals surface area contributed by atoms with Crippen LogP contribution in [0.4, 0.5) is 5.69 Å². The number of hydrogen-bond donors (Lipinski definition) is 0. The molecular formula is C20H21NO4S. The third-order valence-electron chi connectivity index (χ3n) is 5.17. The van der Waals surface area contributed by atoms with Crippen molar-refractivity contribution in [3.8, 4) is 5.75 Å². The molecule has 0 spiro atoms. The van der Waals surface area contributed by atoms with Crippen molar-refractivity contribution in [2.24, 2.45) is 0 Å². The summed E-state index contributed by atoms with van der Waals surface area (Å²) in [6, 6.07) is 10.3. The number of nitrogens with zero attached hydrogens (tertiary/aromatic N) is 1. The van der Waals surface area contributed by atoms with Gasteiger partial charge < -0.3 is 9.08 Å². The van der Waals surface area contributed by atoms with Gasteiger partial charge in [0.25, 0.3) is 0 Å². The minimum atomic E-state index is -3.91. The minimum Gasteiger partial charge on any atom is -0.379 e. The van der Waals surface area contributed by atoms with Gasteiger partial charge in [0.05, 0.1) is 0 Å². The van der Waals surface area contributed by atoms with Gasteiger partial charge >= 0.3 is 10.1 Å². The van der Waals surface area contributed by atoms with Gasteiger partial charge in [-0.1, -0.05) is 6.07 Å². The second kappa shape index (κ2) is 6.13. The first kappa shape index (κ1) is 17.1. The summed E-state index contributed by atoms with van der Waals surface area (Å²) in [5.41, 5.74) is 4.07. The van der Waals surface area contributed by atoms with E-state index in [0.717, 1.165) is 36.1 Å². The maximum atomic E-state index is 12.7. The summed E-state index contributed by atoms with van der Waals surface area (Å²) in [5.74, 6) is 0.311. The van der Waals surface area contributed by atoms with E-state index in [-0.39, 0.29) is 16.8 Å². The van der Waals surface area contributed by atoms with Crippen molar-refractivity contribution in [1.29, 1.82) is 0 Å². The molecule has 1 atom stereocenters. The molecule has 6 heteroatoms. The van der Waals surface area contributed by atoms with E-state index in [4.69, 9.17) is 4.18 Å². The number of rotatable bonds is 3. The minimum absolute atomic E-state index is 0.0260.